The molecule has 3 amide bonds. The summed E-state index contributed by atoms with van der Waals surface area (Å²) in [4.78, 5) is 35.6. The number of hydrogen-bond acceptors (Lipinski definition) is 3. The minimum Gasteiger partial charge on any atom is -0.345 e. The monoisotopic (exact) mass is 317 g/mol. The maximum absolute atomic E-state index is 12.0. The molecule has 124 valence electrons. The molecule has 1 saturated carbocycles. The van der Waals surface area contributed by atoms with E-state index in [1.165, 1.54) is 6.42 Å². The first kappa shape index (κ1) is 17.0. The van der Waals surface area contributed by atoms with Gasteiger partial charge >= 0.3 is 11.8 Å². The van der Waals surface area contributed by atoms with Crippen LogP contribution < -0.4 is 16.2 Å². The number of benzene rings is 1. The van der Waals surface area contributed by atoms with Gasteiger partial charge in [0.1, 0.15) is 0 Å². The van der Waals surface area contributed by atoms with Crippen LogP contribution in [-0.4, -0.2) is 23.8 Å². The summed E-state index contributed by atoms with van der Waals surface area (Å²) in [6.45, 7) is 3.76. The molecule has 0 unspecified atom stereocenters. The Morgan fingerprint density at radius 3 is 2.30 bits per heavy atom. The molecule has 1 aromatic carbocycles. The van der Waals surface area contributed by atoms with E-state index in [1.54, 1.807) is 6.07 Å². The fraction of sp³-hybridized carbons (Fsp3) is 0.471. The van der Waals surface area contributed by atoms with E-state index in [1.807, 2.05) is 26.0 Å². The van der Waals surface area contributed by atoms with Gasteiger partial charge in [-0.15, -0.1) is 0 Å². The molecule has 0 atom stereocenters. The van der Waals surface area contributed by atoms with E-state index in [0.29, 0.717) is 5.56 Å². The van der Waals surface area contributed by atoms with Gasteiger partial charge in [-0.3, -0.25) is 25.2 Å². The predicted octanol–water partition coefficient (Wildman–Crippen LogP) is 1.51. The van der Waals surface area contributed by atoms with E-state index in [9.17, 15) is 14.4 Å². The third-order valence-corrected chi connectivity index (χ3v) is 4.06. The molecular formula is C17H23N3O3. The molecule has 23 heavy (non-hydrogen) atoms. The number of aryl methyl sites for hydroxylation is 2. The Labute approximate surface area is 136 Å². The summed E-state index contributed by atoms with van der Waals surface area (Å²) in [5, 5.41) is 2.70. The second-order valence-corrected chi connectivity index (χ2v) is 6.04. The smallest absolute Gasteiger partial charge is 0.327 e. The average molecular weight is 317 g/mol. The Bertz CT molecular complexity index is 607. The fourth-order valence-corrected chi connectivity index (χ4v) is 2.80. The van der Waals surface area contributed by atoms with Gasteiger partial charge in [-0.25, -0.2) is 0 Å². The molecule has 0 radical (unpaired) electrons. The number of hydrazine groups is 1. The van der Waals surface area contributed by atoms with E-state index in [4.69, 9.17) is 0 Å². The van der Waals surface area contributed by atoms with Crippen molar-refractivity contribution in [1.82, 2.24) is 16.2 Å². The minimum atomic E-state index is -0.853. The number of carbonyl (C=O) groups is 3. The van der Waals surface area contributed by atoms with Gasteiger partial charge < -0.3 is 5.32 Å². The zero-order valence-electron chi connectivity index (χ0n) is 13.6. The van der Waals surface area contributed by atoms with Crippen molar-refractivity contribution < 1.29 is 14.4 Å². The van der Waals surface area contributed by atoms with Crippen molar-refractivity contribution in [3.63, 3.8) is 0 Å². The first-order valence-electron chi connectivity index (χ1n) is 7.96. The highest BCUT2D eigenvalue weighted by molar-refractivity contribution is 6.35. The van der Waals surface area contributed by atoms with E-state index >= 15 is 0 Å². The first-order chi connectivity index (χ1) is 11.0. The molecule has 6 nitrogen and oxygen atoms in total. The van der Waals surface area contributed by atoms with Gasteiger partial charge in [0.2, 0.25) is 0 Å². The summed E-state index contributed by atoms with van der Waals surface area (Å²) in [6.07, 6.45) is 5.10. The second kappa shape index (κ2) is 7.76. The number of amides is 3. The number of hydrogen-bond donors (Lipinski definition) is 3. The lowest BCUT2D eigenvalue weighted by Crippen LogP contribution is -2.50. The van der Waals surface area contributed by atoms with Crippen LogP contribution in [0.2, 0.25) is 0 Å². The van der Waals surface area contributed by atoms with E-state index in [2.05, 4.69) is 16.2 Å². The summed E-state index contributed by atoms with van der Waals surface area (Å²) in [5.74, 6) is -2.01. The highest BCUT2D eigenvalue weighted by Gasteiger charge is 2.21. The maximum atomic E-state index is 12.0. The molecule has 6 heteroatoms. The molecule has 1 fully saturated rings. The van der Waals surface area contributed by atoms with Crippen LogP contribution in [0.4, 0.5) is 0 Å². The maximum Gasteiger partial charge on any atom is 0.327 e. The van der Waals surface area contributed by atoms with Gasteiger partial charge in [0.25, 0.3) is 5.91 Å². The van der Waals surface area contributed by atoms with Crippen LogP contribution >= 0.6 is 0 Å². The standard InChI is InChI=1S/C17H23N3O3/c1-11-8-9-14(12(2)10-11)15(21)19-20-17(23)16(22)18-13-6-4-3-5-7-13/h8-10,13H,3-7H2,1-2H3,(H,18,22)(H,19,21)(H,20,23). The molecular weight excluding hydrogens is 294 g/mol. The summed E-state index contributed by atoms with van der Waals surface area (Å²) in [7, 11) is 0. The lowest BCUT2D eigenvalue weighted by molar-refractivity contribution is -0.140. The lowest BCUT2D eigenvalue weighted by atomic mass is 9.95. The molecule has 1 aromatic rings. The van der Waals surface area contributed by atoms with Crippen LogP contribution in [-0.2, 0) is 9.59 Å². The Kier molecular flexibility index (Phi) is 5.73. The van der Waals surface area contributed by atoms with Crippen molar-refractivity contribution in [3.05, 3.63) is 34.9 Å². The molecule has 1 aliphatic rings. The van der Waals surface area contributed by atoms with Crippen molar-refractivity contribution >= 4 is 17.7 Å². The largest absolute Gasteiger partial charge is 0.345 e. The van der Waals surface area contributed by atoms with Crippen molar-refractivity contribution in [3.8, 4) is 0 Å². The van der Waals surface area contributed by atoms with Gasteiger partial charge in [-0.2, -0.15) is 0 Å². The molecule has 0 aromatic heterocycles. The third kappa shape index (κ3) is 4.81. The number of nitrogens with one attached hydrogen (secondary N) is 3. The molecule has 0 bridgehead atoms. The summed E-state index contributed by atoms with van der Waals surface area (Å²) in [6, 6.07) is 5.44. The van der Waals surface area contributed by atoms with Crippen molar-refractivity contribution in [2.24, 2.45) is 0 Å². The van der Waals surface area contributed by atoms with Crippen LogP contribution in [0.1, 0.15) is 53.6 Å². The summed E-state index contributed by atoms with van der Waals surface area (Å²) < 4.78 is 0. The van der Waals surface area contributed by atoms with Crippen LogP contribution in [0.3, 0.4) is 0 Å². The quantitative estimate of drug-likeness (QED) is 0.571. The van der Waals surface area contributed by atoms with Crippen molar-refractivity contribution in [2.75, 3.05) is 0 Å². The number of rotatable bonds is 2. The number of carbonyl (C=O) groups excluding carboxylic acids is 3. The Morgan fingerprint density at radius 2 is 1.65 bits per heavy atom. The highest BCUT2D eigenvalue weighted by atomic mass is 16.2. The SMILES string of the molecule is Cc1ccc(C(=O)NNC(=O)C(=O)NC2CCCCC2)c(C)c1. The van der Waals surface area contributed by atoms with Crippen LogP contribution in [0.25, 0.3) is 0 Å². The van der Waals surface area contributed by atoms with Crippen molar-refractivity contribution in [2.45, 2.75) is 52.0 Å². The molecule has 3 N–H and O–H groups in total. The fourth-order valence-electron chi connectivity index (χ4n) is 2.80. The molecule has 0 spiro atoms. The second-order valence-electron chi connectivity index (χ2n) is 6.04. The Hall–Kier alpha value is -2.37. The average Bonchev–Trinajstić information content (AvgIpc) is 2.53. The molecule has 0 aliphatic heterocycles. The summed E-state index contributed by atoms with van der Waals surface area (Å²) >= 11 is 0. The third-order valence-electron chi connectivity index (χ3n) is 4.06. The Morgan fingerprint density at radius 1 is 0.957 bits per heavy atom. The van der Waals surface area contributed by atoms with E-state index < -0.39 is 17.7 Å². The van der Waals surface area contributed by atoms with Crippen LogP contribution in [0.15, 0.2) is 18.2 Å². The lowest BCUT2D eigenvalue weighted by Gasteiger charge is -2.22. The van der Waals surface area contributed by atoms with Gasteiger partial charge in [0.05, 0.1) is 0 Å². The molecule has 2 rings (SSSR count). The summed E-state index contributed by atoms with van der Waals surface area (Å²) in [5.41, 5.74) is 6.76. The van der Waals surface area contributed by atoms with E-state index in [0.717, 1.165) is 36.8 Å². The topological polar surface area (TPSA) is 87.3 Å². The normalized spacial score (nSPS) is 14.9. The van der Waals surface area contributed by atoms with Gasteiger partial charge in [0, 0.05) is 11.6 Å². The molecule has 0 saturated heterocycles. The highest BCUT2D eigenvalue weighted by Crippen LogP contribution is 2.17. The van der Waals surface area contributed by atoms with Gasteiger partial charge in [0.15, 0.2) is 0 Å². The zero-order chi connectivity index (χ0) is 16.8. The zero-order valence-corrected chi connectivity index (χ0v) is 13.6. The predicted molar refractivity (Wildman–Crippen MR) is 86.5 cm³/mol. The van der Waals surface area contributed by atoms with Gasteiger partial charge in [-0.1, -0.05) is 37.0 Å². The minimum absolute atomic E-state index is 0.0528. The van der Waals surface area contributed by atoms with E-state index in [-0.39, 0.29) is 6.04 Å². The molecule has 1 aliphatic carbocycles. The van der Waals surface area contributed by atoms with Gasteiger partial charge in [-0.05, 0) is 38.3 Å². The Balaban J connectivity index is 1.83. The van der Waals surface area contributed by atoms with Crippen LogP contribution in [0.5, 0.6) is 0 Å². The van der Waals surface area contributed by atoms with Crippen molar-refractivity contribution in [1.29, 1.82) is 0 Å². The van der Waals surface area contributed by atoms with Crippen LogP contribution in [0, 0.1) is 13.8 Å². The molecule has 0 heterocycles. The first-order valence-corrected chi connectivity index (χ1v) is 7.96.